The van der Waals surface area contributed by atoms with Gasteiger partial charge in [0.2, 0.25) is 10.0 Å². The predicted octanol–water partition coefficient (Wildman–Crippen LogP) is 5.26. The van der Waals surface area contributed by atoms with E-state index in [1.807, 2.05) is 62.4 Å². The standard InChI is InChI=1S/C32H34N4O4S2/c1-22(2)36(20-24-11-7-4-8-12-24)42(39,40)26-15-13-25(14-16-26)31(38)34-32-29(30(33)37)27-17-18-35(21-28(27)41-32)19-23-9-5-3-6-10-23/h3-16,22H,17-21H2,1-2H3,(H2,33,37)(H,34,38). The Hall–Kier alpha value is -3.83. The van der Waals surface area contributed by atoms with Crippen molar-refractivity contribution in [3.8, 4) is 0 Å². The number of carbonyl (C=O) groups excluding carboxylic acids is 2. The van der Waals surface area contributed by atoms with Crippen LogP contribution in [0.3, 0.4) is 0 Å². The molecule has 0 fully saturated rings. The van der Waals surface area contributed by atoms with Crippen LogP contribution >= 0.6 is 11.3 Å². The van der Waals surface area contributed by atoms with Crippen molar-refractivity contribution in [2.75, 3.05) is 11.9 Å². The van der Waals surface area contributed by atoms with Crippen LogP contribution in [0.2, 0.25) is 0 Å². The summed E-state index contributed by atoms with van der Waals surface area (Å²) < 4.78 is 28.4. The quantitative estimate of drug-likeness (QED) is 0.257. The summed E-state index contributed by atoms with van der Waals surface area (Å²) in [4.78, 5) is 29.1. The van der Waals surface area contributed by atoms with Crippen molar-refractivity contribution in [1.82, 2.24) is 9.21 Å². The number of rotatable bonds is 10. The molecule has 42 heavy (non-hydrogen) atoms. The molecule has 2 heterocycles. The second-order valence-electron chi connectivity index (χ2n) is 10.6. The number of thiophene rings is 1. The van der Waals surface area contributed by atoms with Gasteiger partial charge in [-0.25, -0.2) is 8.42 Å². The molecule has 1 aromatic heterocycles. The van der Waals surface area contributed by atoms with Crippen LogP contribution in [0.1, 0.15) is 56.1 Å². The van der Waals surface area contributed by atoms with Crippen molar-refractivity contribution in [2.45, 2.75) is 50.8 Å². The zero-order valence-corrected chi connectivity index (χ0v) is 25.3. The zero-order valence-electron chi connectivity index (χ0n) is 23.6. The van der Waals surface area contributed by atoms with Gasteiger partial charge in [-0.1, -0.05) is 60.7 Å². The van der Waals surface area contributed by atoms with Crippen molar-refractivity contribution in [3.63, 3.8) is 0 Å². The molecule has 1 aliphatic heterocycles. The molecule has 4 aromatic rings. The molecule has 0 aliphatic carbocycles. The summed E-state index contributed by atoms with van der Waals surface area (Å²) in [5.41, 5.74) is 9.39. The molecule has 3 aromatic carbocycles. The van der Waals surface area contributed by atoms with Crippen LogP contribution in [0.5, 0.6) is 0 Å². The summed E-state index contributed by atoms with van der Waals surface area (Å²) in [5, 5.41) is 3.28. The topological polar surface area (TPSA) is 113 Å². The molecule has 3 N–H and O–H groups in total. The first-order valence-corrected chi connectivity index (χ1v) is 16.1. The first kappa shape index (κ1) is 29.7. The molecule has 0 spiro atoms. The predicted molar refractivity (Wildman–Crippen MR) is 166 cm³/mol. The van der Waals surface area contributed by atoms with Gasteiger partial charge in [0.25, 0.3) is 11.8 Å². The maximum absolute atomic E-state index is 13.5. The van der Waals surface area contributed by atoms with E-state index in [-0.39, 0.29) is 23.0 Å². The lowest BCUT2D eigenvalue weighted by molar-refractivity contribution is 0.0999. The third-order valence-corrected chi connectivity index (χ3v) is 10.5. The number of amides is 2. The van der Waals surface area contributed by atoms with E-state index in [1.165, 1.54) is 45.5 Å². The largest absolute Gasteiger partial charge is 0.365 e. The van der Waals surface area contributed by atoms with Crippen LogP contribution in [-0.4, -0.2) is 42.0 Å². The number of nitrogens with two attached hydrogens (primary N) is 1. The normalized spacial score (nSPS) is 13.7. The number of primary amides is 1. The average molecular weight is 603 g/mol. The van der Waals surface area contributed by atoms with Gasteiger partial charge in [-0.2, -0.15) is 4.31 Å². The molecule has 1 aliphatic rings. The Kier molecular flexibility index (Phi) is 8.88. The summed E-state index contributed by atoms with van der Waals surface area (Å²) in [7, 11) is -3.81. The summed E-state index contributed by atoms with van der Waals surface area (Å²) in [5.74, 6) is -1.01. The lowest BCUT2D eigenvalue weighted by atomic mass is 10.0. The first-order valence-electron chi connectivity index (χ1n) is 13.8. The van der Waals surface area contributed by atoms with E-state index < -0.39 is 21.8 Å². The molecular weight excluding hydrogens is 569 g/mol. The highest BCUT2D eigenvalue weighted by Gasteiger charge is 2.29. The van der Waals surface area contributed by atoms with Crippen LogP contribution in [0.15, 0.2) is 89.8 Å². The number of fused-ring (bicyclic) bond motifs is 1. The van der Waals surface area contributed by atoms with E-state index in [0.29, 0.717) is 23.5 Å². The maximum atomic E-state index is 13.5. The van der Waals surface area contributed by atoms with Gasteiger partial charge in [-0.15, -0.1) is 11.3 Å². The fourth-order valence-corrected chi connectivity index (χ4v) is 8.09. The summed E-state index contributed by atoms with van der Waals surface area (Å²) in [6, 6.07) is 25.2. The fraction of sp³-hybridized carbons (Fsp3) is 0.250. The molecule has 0 atom stereocenters. The summed E-state index contributed by atoms with van der Waals surface area (Å²) >= 11 is 1.37. The molecule has 10 heteroatoms. The number of nitrogens with one attached hydrogen (secondary N) is 1. The lowest BCUT2D eigenvalue weighted by Gasteiger charge is -2.27. The number of benzene rings is 3. The van der Waals surface area contributed by atoms with Crippen molar-refractivity contribution >= 4 is 38.2 Å². The van der Waals surface area contributed by atoms with Crippen molar-refractivity contribution in [3.05, 3.63) is 118 Å². The van der Waals surface area contributed by atoms with Gasteiger partial charge in [-0.3, -0.25) is 14.5 Å². The number of carbonyl (C=O) groups is 2. The lowest BCUT2D eigenvalue weighted by Crippen LogP contribution is -2.36. The molecular formula is C32H34N4O4S2. The Morgan fingerprint density at radius 2 is 1.57 bits per heavy atom. The highest BCUT2D eigenvalue weighted by molar-refractivity contribution is 7.89. The zero-order chi connectivity index (χ0) is 29.9. The van der Waals surface area contributed by atoms with Gasteiger partial charge in [0, 0.05) is 42.7 Å². The SMILES string of the molecule is CC(C)N(Cc1ccccc1)S(=O)(=O)c1ccc(C(=O)Nc2sc3c(c2C(N)=O)CCN(Cc2ccccc2)C3)cc1. The van der Waals surface area contributed by atoms with E-state index in [9.17, 15) is 18.0 Å². The van der Waals surface area contributed by atoms with Gasteiger partial charge < -0.3 is 11.1 Å². The Morgan fingerprint density at radius 1 is 0.952 bits per heavy atom. The Bertz CT molecular complexity index is 1670. The Morgan fingerprint density at radius 3 is 2.17 bits per heavy atom. The minimum Gasteiger partial charge on any atom is -0.365 e. The minimum atomic E-state index is -3.81. The molecule has 218 valence electrons. The molecule has 0 radical (unpaired) electrons. The van der Waals surface area contributed by atoms with E-state index >= 15 is 0 Å². The summed E-state index contributed by atoms with van der Waals surface area (Å²) in [6.07, 6.45) is 0.661. The Balaban J connectivity index is 1.32. The number of hydrogen-bond donors (Lipinski definition) is 2. The van der Waals surface area contributed by atoms with E-state index in [1.54, 1.807) is 0 Å². The second kappa shape index (κ2) is 12.6. The average Bonchev–Trinajstić information content (AvgIpc) is 3.34. The Labute approximate surface area is 250 Å². The van der Waals surface area contributed by atoms with Gasteiger partial charge >= 0.3 is 0 Å². The molecule has 5 rings (SSSR count). The molecule has 0 saturated heterocycles. The number of sulfonamides is 1. The monoisotopic (exact) mass is 602 g/mol. The maximum Gasteiger partial charge on any atom is 0.256 e. The van der Waals surface area contributed by atoms with Gasteiger partial charge in [-0.05, 0) is 61.2 Å². The minimum absolute atomic E-state index is 0.103. The number of nitrogens with zero attached hydrogens (tertiary/aromatic N) is 2. The van der Waals surface area contributed by atoms with Crippen LogP contribution in [0.25, 0.3) is 0 Å². The molecule has 0 unspecified atom stereocenters. The van der Waals surface area contributed by atoms with Gasteiger partial charge in [0.1, 0.15) is 5.00 Å². The summed E-state index contributed by atoms with van der Waals surface area (Å²) in [6.45, 7) is 6.14. The van der Waals surface area contributed by atoms with Crippen LogP contribution in [0.4, 0.5) is 5.00 Å². The van der Waals surface area contributed by atoms with Gasteiger partial charge in [0.15, 0.2) is 0 Å². The van der Waals surface area contributed by atoms with Crippen LogP contribution < -0.4 is 11.1 Å². The molecule has 2 amide bonds. The molecule has 0 bridgehead atoms. The fourth-order valence-electron chi connectivity index (χ4n) is 5.18. The van der Waals surface area contributed by atoms with Crippen LogP contribution in [-0.2, 0) is 36.1 Å². The number of anilines is 1. The number of hydrogen-bond acceptors (Lipinski definition) is 6. The molecule has 0 saturated carbocycles. The van der Waals surface area contributed by atoms with E-state index in [0.717, 1.165) is 29.1 Å². The molecule has 8 nitrogen and oxygen atoms in total. The van der Waals surface area contributed by atoms with E-state index in [4.69, 9.17) is 5.73 Å². The first-order chi connectivity index (χ1) is 20.1. The highest BCUT2D eigenvalue weighted by Crippen LogP contribution is 2.37. The van der Waals surface area contributed by atoms with Gasteiger partial charge in [0.05, 0.1) is 10.5 Å². The van der Waals surface area contributed by atoms with Crippen molar-refractivity contribution in [1.29, 1.82) is 0 Å². The van der Waals surface area contributed by atoms with E-state index in [2.05, 4.69) is 22.3 Å². The third-order valence-electron chi connectivity index (χ3n) is 7.34. The van der Waals surface area contributed by atoms with Crippen molar-refractivity contribution < 1.29 is 18.0 Å². The highest BCUT2D eigenvalue weighted by atomic mass is 32.2. The third kappa shape index (κ3) is 6.47. The smallest absolute Gasteiger partial charge is 0.256 e. The van der Waals surface area contributed by atoms with Crippen LogP contribution in [0, 0.1) is 0 Å². The van der Waals surface area contributed by atoms with Crippen molar-refractivity contribution in [2.24, 2.45) is 5.73 Å². The second-order valence-corrected chi connectivity index (χ2v) is 13.6.